The maximum atomic E-state index is 5.30. The van der Waals surface area contributed by atoms with E-state index in [4.69, 9.17) is 4.74 Å². The zero-order chi connectivity index (χ0) is 13.1. The lowest BCUT2D eigenvalue weighted by Crippen LogP contribution is -2.34. The molecule has 1 fully saturated rings. The number of nitrogens with one attached hydrogen (secondary N) is 1. The molecule has 0 saturated heterocycles. The summed E-state index contributed by atoms with van der Waals surface area (Å²) in [5.41, 5.74) is 2.42. The van der Waals surface area contributed by atoms with E-state index in [0.29, 0.717) is 6.04 Å². The van der Waals surface area contributed by atoms with Crippen LogP contribution >= 0.6 is 0 Å². The van der Waals surface area contributed by atoms with E-state index < -0.39 is 0 Å². The summed E-state index contributed by atoms with van der Waals surface area (Å²) in [6, 6.07) is 6.97. The molecule has 2 nitrogen and oxygen atoms in total. The van der Waals surface area contributed by atoms with E-state index in [-0.39, 0.29) is 0 Å². The Labute approximate surface area is 111 Å². The van der Waals surface area contributed by atoms with Crippen LogP contribution in [0.1, 0.15) is 38.7 Å². The number of benzene rings is 1. The van der Waals surface area contributed by atoms with E-state index in [1.165, 1.54) is 30.5 Å². The summed E-state index contributed by atoms with van der Waals surface area (Å²) in [7, 11) is 1.72. The van der Waals surface area contributed by atoms with E-state index in [1.54, 1.807) is 7.11 Å². The molecule has 2 heteroatoms. The fraction of sp³-hybridized carbons (Fsp3) is 0.625. The van der Waals surface area contributed by atoms with Crippen molar-refractivity contribution in [2.45, 2.75) is 46.1 Å². The lowest BCUT2D eigenvalue weighted by molar-refractivity contribution is 0.253. The molecule has 18 heavy (non-hydrogen) atoms. The van der Waals surface area contributed by atoms with Gasteiger partial charge >= 0.3 is 0 Å². The molecule has 1 saturated carbocycles. The van der Waals surface area contributed by atoms with Gasteiger partial charge in [0.2, 0.25) is 0 Å². The summed E-state index contributed by atoms with van der Waals surface area (Å²) < 4.78 is 5.30. The Hall–Kier alpha value is -1.18. The van der Waals surface area contributed by atoms with Gasteiger partial charge in [0.1, 0.15) is 5.75 Å². The second-order valence-corrected chi connectivity index (χ2v) is 5.70. The minimum Gasteiger partial charge on any atom is -0.496 e. The standard InChI is InChI=1S/C16H25NO/c1-11-6-5-7-15(13(11)3)17-14-8-9-16(18-4)12(2)10-14/h8-11,13,15,17H,5-7H2,1-4H3. The van der Waals surface area contributed by atoms with Crippen molar-refractivity contribution in [1.82, 2.24) is 0 Å². The third kappa shape index (κ3) is 2.80. The zero-order valence-electron chi connectivity index (χ0n) is 12.0. The van der Waals surface area contributed by atoms with Crippen molar-refractivity contribution >= 4 is 5.69 Å². The van der Waals surface area contributed by atoms with Gasteiger partial charge in [-0.3, -0.25) is 0 Å². The Morgan fingerprint density at radius 3 is 2.67 bits per heavy atom. The molecule has 100 valence electrons. The van der Waals surface area contributed by atoms with E-state index in [0.717, 1.165) is 17.6 Å². The van der Waals surface area contributed by atoms with Crippen molar-refractivity contribution in [1.29, 1.82) is 0 Å². The summed E-state index contributed by atoms with van der Waals surface area (Å²) in [5, 5.41) is 3.70. The van der Waals surface area contributed by atoms with Crippen LogP contribution in [0.4, 0.5) is 5.69 Å². The van der Waals surface area contributed by atoms with Crippen molar-refractivity contribution in [2.75, 3.05) is 12.4 Å². The van der Waals surface area contributed by atoms with Gasteiger partial charge in [-0.1, -0.05) is 26.7 Å². The Bertz CT molecular complexity index is 402. The van der Waals surface area contributed by atoms with Crippen LogP contribution in [0.5, 0.6) is 5.75 Å². The summed E-state index contributed by atoms with van der Waals surface area (Å²) in [6.07, 6.45) is 4.01. The highest BCUT2D eigenvalue weighted by Gasteiger charge is 2.26. The minimum atomic E-state index is 0.613. The number of hydrogen-bond acceptors (Lipinski definition) is 2. The molecule has 1 aliphatic rings. The van der Waals surface area contributed by atoms with E-state index in [9.17, 15) is 0 Å². The summed E-state index contributed by atoms with van der Waals surface area (Å²) in [4.78, 5) is 0. The third-order valence-corrected chi connectivity index (χ3v) is 4.45. The largest absolute Gasteiger partial charge is 0.496 e. The first kappa shape index (κ1) is 13.3. The second kappa shape index (κ2) is 5.64. The molecular weight excluding hydrogens is 222 g/mol. The van der Waals surface area contributed by atoms with Gasteiger partial charge in [0.15, 0.2) is 0 Å². The molecule has 3 unspecified atom stereocenters. The highest BCUT2D eigenvalue weighted by Crippen LogP contribution is 2.32. The molecule has 0 aromatic heterocycles. The summed E-state index contributed by atoms with van der Waals surface area (Å²) in [5.74, 6) is 2.54. The fourth-order valence-corrected chi connectivity index (χ4v) is 2.97. The minimum absolute atomic E-state index is 0.613. The Balaban J connectivity index is 2.06. The molecule has 0 amide bonds. The van der Waals surface area contributed by atoms with Crippen LogP contribution in [-0.4, -0.2) is 13.2 Å². The average Bonchev–Trinajstić information content (AvgIpc) is 2.35. The van der Waals surface area contributed by atoms with Gasteiger partial charge in [-0.05, 0) is 48.9 Å². The number of methoxy groups -OCH3 is 1. The fourth-order valence-electron chi connectivity index (χ4n) is 2.97. The number of rotatable bonds is 3. The van der Waals surface area contributed by atoms with E-state index in [2.05, 4.69) is 44.3 Å². The Morgan fingerprint density at radius 1 is 1.22 bits per heavy atom. The SMILES string of the molecule is COc1ccc(NC2CCCC(C)C2C)cc1C. The number of hydrogen-bond donors (Lipinski definition) is 1. The van der Waals surface area contributed by atoms with Crippen LogP contribution in [0, 0.1) is 18.8 Å². The van der Waals surface area contributed by atoms with Crippen LogP contribution in [0.2, 0.25) is 0 Å². The van der Waals surface area contributed by atoms with Gasteiger partial charge in [0.05, 0.1) is 7.11 Å². The molecule has 0 heterocycles. The average molecular weight is 247 g/mol. The van der Waals surface area contributed by atoms with Gasteiger partial charge in [-0.2, -0.15) is 0 Å². The maximum absolute atomic E-state index is 5.30. The predicted octanol–water partition coefficient (Wildman–Crippen LogP) is 4.24. The molecule has 0 bridgehead atoms. The Kier molecular flexibility index (Phi) is 4.15. The third-order valence-electron chi connectivity index (χ3n) is 4.45. The second-order valence-electron chi connectivity index (χ2n) is 5.70. The quantitative estimate of drug-likeness (QED) is 0.862. The molecule has 1 aromatic rings. The topological polar surface area (TPSA) is 21.3 Å². The van der Waals surface area contributed by atoms with Gasteiger partial charge in [-0.15, -0.1) is 0 Å². The van der Waals surface area contributed by atoms with Gasteiger partial charge in [0, 0.05) is 11.7 Å². The maximum Gasteiger partial charge on any atom is 0.121 e. The molecule has 0 radical (unpaired) electrons. The first-order valence-electron chi connectivity index (χ1n) is 7.03. The first-order chi connectivity index (χ1) is 8.61. The van der Waals surface area contributed by atoms with Crippen molar-refractivity contribution in [2.24, 2.45) is 11.8 Å². The molecule has 1 N–H and O–H groups in total. The number of ether oxygens (including phenoxy) is 1. The first-order valence-corrected chi connectivity index (χ1v) is 7.03. The molecular formula is C16H25NO. The number of anilines is 1. The summed E-state index contributed by atoms with van der Waals surface area (Å²) >= 11 is 0. The van der Waals surface area contributed by atoms with Crippen LogP contribution in [-0.2, 0) is 0 Å². The zero-order valence-corrected chi connectivity index (χ0v) is 12.0. The van der Waals surface area contributed by atoms with Crippen LogP contribution < -0.4 is 10.1 Å². The summed E-state index contributed by atoms with van der Waals surface area (Å²) in [6.45, 7) is 6.84. The molecule has 1 aliphatic carbocycles. The Morgan fingerprint density at radius 2 is 2.00 bits per heavy atom. The molecule has 1 aromatic carbocycles. The van der Waals surface area contributed by atoms with E-state index >= 15 is 0 Å². The van der Waals surface area contributed by atoms with Crippen LogP contribution in [0.25, 0.3) is 0 Å². The lowest BCUT2D eigenvalue weighted by Gasteiger charge is -2.35. The monoisotopic (exact) mass is 247 g/mol. The van der Waals surface area contributed by atoms with Gasteiger partial charge < -0.3 is 10.1 Å². The van der Waals surface area contributed by atoms with Crippen LogP contribution in [0.3, 0.4) is 0 Å². The van der Waals surface area contributed by atoms with Crippen molar-refractivity contribution in [3.63, 3.8) is 0 Å². The smallest absolute Gasteiger partial charge is 0.121 e. The molecule has 3 atom stereocenters. The normalized spacial score (nSPS) is 27.9. The van der Waals surface area contributed by atoms with Crippen molar-refractivity contribution in [3.05, 3.63) is 23.8 Å². The highest BCUT2D eigenvalue weighted by molar-refractivity contribution is 5.51. The van der Waals surface area contributed by atoms with Gasteiger partial charge in [-0.25, -0.2) is 0 Å². The highest BCUT2D eigenvalue weighted by atomic mass is 16.5. The van der Waals surface area contributed by atoms with Crippen molar-refractivity contribution in [3.8, 4) is 5.75 Å². The lowest BCUT2D eigenvalue weighted by atomic mass is 9.78. The molecule has 0 aliphatic heterocycles. The molecule has 0 spiro atoms. The van der Waals surface area contributed by atoms with E-state index in [1.807, 2.05) is 0 Å². The van der Waals surface area contributed by atoms with Crippen LogP contribution in [0.15, 0.2) is 18.2 Å². The van der Waals surface area contributed by atoms with Crippen molar-refractivity contribution < 1.29 is 4.74 Å². The van der Waals surface area contributed by atoms with Gasteiger partial charge in [0.25, 0.3) is 0 Å². The predicted molar refractivity (Wildman–Crippen MR) is 77.3 cm³/mol. The number of aryl methyl sites for hydroxylation is 1. The molecule has 2 rings (SSSR count).